The molecule has 1 nitrogen and oxygen atoms in total. The molecule has 0 spiro atoms. The van der Waals surface area contributed by atoms with Crippen LogP contribution in [0.1, 0.15) is 0 Å². The quantitative estimate of drug-likeness (QED) is 0.208. The molecular weight excluding hydrogens is 440 g/mol. The lowest BCUT2D eigenvalue weighted by Crippen LogP contribution is -2.27. The Morgan fingerprint density at radius 1 is 0.562 bits per heavy atom. The lowest BCUT2D eigenvalue weighted by Gasteiger charge is -2.34. The smallest absolute Gasteiger partial charge is 0.171 e. The summed E-state index contributed by atoms with van der Waals surface area (Å²) in [5.74, 6) is 1.06. The standard InChI is InChI=1S/C28H31NP2Si/c1-32(2,3)29-31(27-20-12-6-13-21-27,28-22-14-7-15-23-28)24-30(25-16-8-4-9-17-25)26-18-10-5-11-19-26/h4-23H,24H2,1-3H3. The van der Waals surface area contributed by atoms with E-state index in [0.717, 1.165) is 5.90 Å². The Morgan fingerprint density at radius 3 is 1.25 bits per heavy atom. The molecule has 4 aromatic rings. The average molecular weight is 472 g/mol. The summed E-state index contributed by atoms with van der Waals surface area (Å²) in [7, 11) is -4.30. The molecule has 0 unspecified atom stereocenters. The summed E-state index contributed by atoms with van der Waals surface area (Å²) in [5.41, 5.74) is 0. The molecular formula is C28H31NP2Si. The van der Waals surface area contributed by atoms with Gasteiger partial charge >= 0.3 is 0 Å². The minimum absolute atomic E-state index is 0.561. The third-order valence-corrected chi connectivity index (χ3v) is 16.0. The Kier molecular flexibility index (Phi) is 7.26. The molecule has 0 bridgehead atoms. The molecule has 32 heavy (non-hydrogen) atoms. The summed E-state index contributed by atoms with van der Waals surface area (Å²) in [6.07, 6.45) is 0. The van der Waals surface area contributed by atoms with E-state index >= 15 is 0 Å². The maximum atomic E-state index is 5.84. The van der Waals surface area contributed by atoms with Gasteiger partial charge in [0.15, 0.2) is 8.24 Å². The normalized spacial score (nSPS) is 12.0. The number of rotatable bonds is 7. The zero-order valence-electron chi connectivity index (χ0n) is 19.1. The van der Waals surface area contributed by atoms with E-state index in [0.29, 0.717) is 0 Å². The molecule has 162 valence electrons. The first-order chi connectivity index (χ1) is 15.5. The molecule has 0 aliphatic rings. The zero-order chi connectivity index (χ0) is 22.4. The van der Waals surface area contributed by atoms with Crippen molar-refractivity contribution in [2.75, 3.05) is 5.90 Å². The molecule has 4 heteroatoms. The third kappa shape index (κ3) is 5.38. The number of hydrogen-bond acceptors (Lipinski definition) is 1. The second-order valence-corrected chi connectivity index (χ2v) is 19.7. The first kappa shape index (κ1) is 22.9. The van der Waals surface area contributed by atoms with Crippen molar-refractivity contribution in [1.82, 2.24) is 0 Å². The third-order valence-electron chi connectivity index (χ3n) is 5.32. The Morgan fingerprint density at radius 2 is 0.906 bits per heavy atom. The van der Waals surface area contributed by atoms with Crippen molar-refractivity contribution in [1.29, 1.82) is 0 Å². The fourth-order valence-electron chi connectivity index (χ4n) is 4.05. The summed E-state index contributed by atoms with van der Waals surface area (Å²) in [6.45, 7) is 7.13. The zero-order valence-corrected chi connectivity index (χ0v) is 21.9. The summed E-state index contributed by atoms with van der Waals surface area (Å²) < 4.78 is 5.84. The van der Waals surface area contributed by atoms with E-state index < -0.39 is 23.2 Å². The predicted molar refractivity (Wildman–Crippen MR) is 149 cm³/mol. The van der Waals surface area contributed by atoms with Crippen molar-refractivity contribution in [2.24, 2.45) is 4.41 Å². The SMILES string of the molecule is C[Si](C)(C)N=P(CP(c1ccccc1)c1ccccc1)(c1ccccc1)c1ccccc1. The number of hydrogen-bond donors (Lipinski definition) is 0. The van der Waals surface area contributed by atoms with Gasteiger partial charge in [-0.05, 0) is 29.1 Å². The largest absolute Gasteiger partial charge is 0.329 e. The molecule has 0 saturated heterocycles. The lowest BCUT2D eigenvalue weighted by atomic mass is 10.4. The summed E-state index contributed by atoms with van der Waals surface area (Å²) in [6, 6.07) is 44.4. The summed E-state index contributed by atoms with van der Waals surface area (Å²) in [5, 5.41) is 5.65. The number of benzene rings is 4. The molecule has 0 atom stereocenters. The van der Waals surface area contributed by atoms with Gasteiger partial charge in [-0.15, -0.1) is 0 Å². The minimum atomic E-state index is -1.99. The van der Waals surface area contributed by atoms with Crippen molar-refractivity contribution in [2.45, 2.75) is 19.6 Å². The van der Waals surface area contributed by atoms with Crippen molar-refractivity contribution in [3.05, 3.63) is 121 Å². The molecule has 0 heterocycles. The summed E-state index contributed by atoms with van der Waals surface area (Å²) >= 11 is 0. The van der Waals surface area contributed by atoms with Gasteiger partial charge in [0.2, 0.25) is 0 Å². The van der Waals surface area contributed by atoms with Crippen LogP contribution in [0.2, 0.25) is 19.6 Å². The van der Waals surface area contributed by atoms with Gasteiger partial charge in [0, 0.05) is 13.0 Å². The van der Waals surface area contributed by atoms with Crippen LogP contribution in [0.5, 0.6) is 0 Å². The lowest BCUT2D eigenvalue weighted by molar-refractivity contribution is 1.58. The maximum absolute atomic E-state index is 5.84. The maximum Gasteiger partial charge on any atom is 0.171 e. The van der Waals surface area contributed by atoms with Gasteiger partial charge < -0.3 is 4.41 Å². The van der Waals surface area contributed by atoms with Gasteiger partial charge in [0.25, 0.3) is 0 Å². The first-order valence-corrected chi connectivity index (χ1v) is 18.0. The first-order valence-electron chi connectivity index (χ1n) is 11.1. The monoisotopic (exact) mass is 471 g/mol. The molecule has 0 amide bonds. The molecule has 0 aromatic heterocycles. The van der Waals surface area contributed by atoms with Crippen LogP contribution in [0, 0.1) is 0 Å². The van der Waals surface area contributed by atoms with Crippen LogP contribution in [0.3, 0.4) is 0 Å². The van der Waals surface area contributed by atoms with Crippen molar-refractivity contribution in [3.63, 3.8) is 0 Å². The van der Waals surface area contributed by atoms with Crippen molar-refractivity contribution < 1.29 is 0 Å². The van der Waals surface area contributed by atoms with Crippen LogP contribution in [0.15, 0.2) is 126 Å². The van der Waals surface area contributed by atoms with Crippen LogP contribution in [-0.2, 0) is 0 Å². The van der Waals surface area contributed by atoms with Crippen LogP contribution in [0.25, 0.3) is 0 Å². The van der Waals surface area contributed by atoms with Crippen LogP contribution >= 0.6 is 15.0 Å². The van der Waals surface area contributed by atoms with E-state index in [1.54, 1.807) is 0 Å². The molecule has 0 radical (unpaired) electrons. The average Bonchev–Trinajstić information content (AvgIpc) is 2.83. The Labute approximate surface area is 195 Å². The van der Waals surface area contributed by atoms with Crippen LogP contribution in [-0.4, -0.2) is 14.1 Å². The van der Waals surface area contributed by atoms with E-state index in [-0.39, 0.29) is 0 Å². The molecule has 0 saturated carbocycles. The van der Waals surface area contributed by atoms with Crippen molar-refractivity contribution >= 4 is 44.4 Å². The van der Waals surface area contributed by atoms with Crippen molar-refractivity contribution in [3.8, 4) is 0 Å². The van der Waals surface area contributed by atoms with Gasteiger partial charge in [-0.1, -0.05) is 141 Å². The topological polar surface area (TPSA) is 12.4 Å². The van der Waals surface area contributed by atoms with E-state index in [1.165, 1.54) is 21.2 Å². The van der Waals surface area contributed by atoms with Gasteiger partial charge in [0.05, 0.1) is 0 Å². The highest BCUT2D eigenvalue weighted by molar-refractivity contribution is 7.93. The fourth-order valence-corrected chi connectivity index (χ4v) is 17.1. The molecule has 0 aliphatic heterocycles. The Hall–Kier alpha value is -2.24. The highest BCUT2D eigenvalue weighted by Gasteiger charge is 2.32. The Bertz CT molecular complexity index is 1090. The molecule has 0 fully saturated rings. The minimum Gasteiger partial charge on any atom is -0.329 e. The molecule has 4 aromatic carbocycles. The second kappa shape index (κ2) is 10.1. The van der Waals surface area contributed by atoms with Gasteiger partial charge in [0.1, 0.15) is 0 Å². The molecule has 0 aliphatic carbocycles. The predicted octanol–water partition coefficient (Wildman–Crippen LogP) is 6.76. The van der Waals surface area contributed by atoms with Gasteiger partial charge in [-0.25, -0.2) is 0 Å². The number of nitrogens with zero attached hydrogens (tertiary/aromatic N) is 1. The molecule has 0 N–H and O–H groups in total. The van der Waals surface area contributed by atoms with E-state index in [1.807, 2.05) is 0 Å². The second-order valence-electron chi connectivity index (χ2n) is 8.95. The highest BCUT2D eigenvalue weighted by Crippen LogP contribution is 2.58. The van der Waals surface area contributed by atoms with E-state index in [2.05, 4.69) is 141 Å². The fraction of sp³-hybridized carbons (Fsp3) is 0.143. The Balaban J connectivity index is 2.00. The van der Waals surface area contributed by atoms with Gasteiger partial charge in [-0.3, -0.25) is 0 Å². The van der Waals surface area contributed by atoms with Crippen LogP contribution in [0.4, 0.5) is 0 Å². The summed E-state index contributed by atoms with van der Waals surface area (Å²) in [4.78, 5) is 0. The van der Waals surface area contributed by atoms with Crippen LogP contribution < -0.4 is 21.2 Å². The molecule has 4 rings (SSSR count). The van der Waals surface area contributed by atoms with E-state index in [4.69, 9.17) is 4.41 Å². The van der Waals surface area contributed by atoms with E-state index in [9.17, 15) is 0 Å². The highest BCUT2D eigenvalue weighted by atomic mass is 31.2. The van der Waals surface area contributed by atoms with Gasteiger partial charge in [-0.2, -0.15) is 0 Å².